The Kier molecular flexibility index (Phi) is 8.15. The van der Waals surface area contributed by atoms with Crippen LogP contribution in [-0.2, 0) is 9.53 Å². The van der Waals surface area contributed by atoms with Gasteiger partial charge < -0.3 is 9.64 Å². The molecular weight excluding hydrogens is 252 g/mol. The van der Waals surface area contributed by atoms with Gasteiger partial charge in [-0.15, -0.1) is 0 Å². The standard InChI is InChI=1S/C16H32N2O2/c1-5-7-9-18-11-12-20-15(13-18)8-10-17(4)16(19)14(3)6-2/h14-15H,5-13H2,1-4H3/t14?,15-/m0/s1. The summed E-state index contributed by atoms with van der Waals surface area (Å²) in [4.78, 5) is 16.4. The number of carbonyl (C=O) groups excluding carboxylic acids is 1. The summed E-state index contributed by atoms with van der Waals surface area (Å²) in [6.07, 6.45) is 4.65. The van der Waals surface area contributed by atoms with E-state index in [0.29, 0.717) is 0 Å². The number of hydrogen-bond donors (Lipinski definition) is 0. The van der Waals surface area contributed by atoms with Crippen molar-refractivity contribution in [1.29, 1.82) is 0 Å². The molecule has 1 amide bonds. The zero-order chi connectivity index (χ0) is 15.0. The minimum absolute atomic E-state index is 0.133. The molecule has 0 aromatic heterocycles. The molecular formula is C16H32N2O2. The molecule has 0 spiro atoms. The Bertz CT molecular complexity index is 284. The fourth-order valence-electron chi connectivity index (χ4n) is 2.54. The van der Waals surface area contributed by atoms with Crippen LogP contribution >= 0.6 is 0 Å². The van der Waals surface area contributed by atoms with Crippen LogP contribution in [0.2, 0.25) is 0 Å². The molecule has 0 aliphatic carbocycles. The molecule has 0 aromatic carbocycles. The summed E-state index contributed by atoms with van der Waals surface area (Å²) in [5, 5.41) is 0. The molecule has 4 heteroatoms. The van der Waals surface area contributed by atoms with Gasteiger partial charge in [0.1, 0.15) is 0 Å². The van der Waals surface area contributed by atoms with Gasteiger partial charge in [-0.3, -0.25) is 9.69 Å². The van der Waals surface area contributed by atoms with E-state index in [1.807, 2.05) is 18.9 Å². The highest BCUT2D eigenvalue weighted by molar-refractivity contribution is 5.78. The average molecular weight is 284 g/mol. The summed E-state index contributed by atoms with van der Waals surface area (Å²) in [6.45, 7) is 11.2. The van der Waals surface area contributed by atoms with Gasteiger partial charge in [0.15, 0.2) is 0 Å². The first-order valence-corrected chi connectivity index (χ1v) is 8.17. The van der Waals surface area contributed by atoms with Crippen LogP contribution in [0.25, 0.3) is 0 Å². The molecule has 0 bridgehead atoms. The van der Waals surface area contributed by atoms with Crippen molar-refractivity contribution in [3.05, 3.63) is 0 Å². The molecule has 1 heterocycles. The van der Waals surface area contributed by atoms with E-state index in [4.69, 9.17) is 4.74 Å². The predicted molar refractivity (Wildman–Crippen MR) is 82.8 cm³/mol. The van der Waals surface area contributed by atoms with Crippen molar-refractivity contribution < 1.29 is 9.53 Å². The van der Waals surface area contributed by atoms with Crippen LogP contribution in [0.1, 0.15) is 46.5 Å². The van der Waals surface area contributed by atoms with E-state index in [1.165, 1.54) is 19.4 Å². The van der Waals surface area contributed by atoms with Gasteiger partial charge in [0.25, 0.3) is 0 Å². The van der Waals surface area contributed by atoms with E-state index in [0.717, 1.165) is 39.1 Å². The molecule has 0 N–H and O–H groups in total. The molecule has 2 atom stereocenters. The lowest BCUT2D eigenvalue weighted by Crippen LogP contribution is -2.44. The summed E-state index contributed by atoms with van der Waals surface area (Å²) in [5.41, 5.74) is 0. The van der Waals surface area contributed by atoms with Crippen LogP contribution in [0.5, 0.6) is 0 Å². The Morgan fingerprint density at radius 1 is 1.45 bits per heavy atom. The summed E-state index contributed by atoms with van der Waals surface area (Å²) in [7, 11) is 1.91. The maximum atomic E-state index is 12.0. The van der Waals surface area contributed by atoms with Crippen molar-refractivity contribution in [2.75, 3.05) is 39.8 Å². The fraction of sp³-hybridized carbons (Fsp3) is 0.938. The van der Waals surface area contributed by atoms with Gasteiger partial charge in [-0.25, -0.2) is 0 Å². The summed E-state index contributed by atoms with van der Waals surface area (Å²) in [5.74, 6) is 0.388. The molecule has 20 heavy (non-hydrogen) atoms. The van der Waals surface area contributed by atoms with Gasteiger partial charge in [0.05, 0.1) is 12.7 Å². The number of ether oxygens (including phenoxy) is 1. The van der Waals surface area contributed by atoms with Crippen molar-refractivity contribution in [2.45, 2.75) is 52.6 Å². The quantitative estimate of drug-likeness (QED) is 0.686. The molecule has 1 saturated heterocycles. The van der Waals surface area contributed by atoms with E-state index in [2.05, 4.69) is 18.7 Å². The molecule has 0 radical (unpaired) electrons. The van der Waals surface area contributed by atoms with Crippen molar-refractivity contribution in [2.24, 2.45) is 5.92 Å². The second-order valence-corrected chi connectivity index (χ2v) is 6.00. The molecule has 1 fully saturated rings. The first-order valence-electron chi connectivity index (χ1n) is 8.17. The smallest absolute Gasteiger partial charge is 0.225 e. The van der Waals surface area contributed by atoms with E-state index < -0.39 is 0 Å². The third-order valence-corrected chi connectivity index (χ3v) is 4.25. The monoisotopic (exact) mass is 284 g/mol. The highest BCUT2D eigenvalue weighted by Gasteiger charge is 2.22. The second-order valence-electron chi connectivity index (χ2n) is 6.00. The Balaban J connectivity index is 2.28. The number of nitrogens with zero attached hydrogens (tertiary/aromatic N) is 2. The maximum absolute atomic E-state index is 12.0. The van der Waals surface area contributed by atoms with Crippen molar-refractivity contribution in [3.8, 4) is 0 Å². The van der Waals surface area contributed by atoms with Gasteiger partial charge in [0, 0.05) is 32.6 Å². The Labute approximate surface area is 124 Å². The molecule has 1 aliphatic rings. The Morgan fingerprint density at radius 3 is 2.85 bits per heavy atom. The molecule has 1 unspecified atom stereocenters. The van der Waals surface area contributed by atoms with Gasteiger partial charge >= 0.3 is 0 Å². The Hall–Kier alpha value is -0.610. The topological polar surface area (TPSA) is 32.8 Å². The molecule has 118 valence electrons. The number of unbranched alkanes of at least 4 members (excludes halogenated alkanes) is 1. The number of morpholine rings is 1. The van der Waals surface area contributed by atoms with E-state index in [-0.39, 0.29) is 17.9 Å². The van der Waals surface area contributed by atoms with Gasteiger partial charge in [-0.2, -0.15) is 0 Å². The Morgan fingerprint density at radius 2 is 2.20 bits per heavy atom. The summed E-state index contributed by atoms with van der Waals surface area (Å²) >= 11 is 0. The van der Waals surface area contributed by atoms with Crippen LogP contribution in [0.15, 0.2) is 0 Å². The van der Waals surface area contributed by atoms with Crippen molar-refractivity contribution in [3.63, 3.8) is 0 Å². The highest BCUT2D eigenvalue weighted by Crippen LogP contribution is 2.12. The van der Waals surface area contributed by atoms with Crippen LogP contribution < -0.4 is 0 Å². The maximum Gasteiger partial charge on any atom is 0.225 e. The minimum atomic E-state index is 0.133. The second kappa shape index (κ2) is 9.35. The van der Waals surface area contributed by atoms with Gasteiger partial charge in [-0.05, 0) is 25.8 Å². The van der Waals surface area contributed by atoms with Crippen molar-refractivity contribution in [1.82, 2.24) is 9.80 Å². The minimum Gasteiger partial charge on any atom is -0.375 e. The van der Waals surface area contributed by atoms with Crippen LogP contribution in [0.3, 0.4) is 0 Å². The lowest BCUT2D eigenvalue weighted by atomic mass is 10.1. The zero-order valence-electron chi connectivity index (χ0n) is 13.7. The summed E-state index contributed by atoms with van der Waals surface area (Å²) < 4.78 is 5.83. The molecule has 1 rings (SSSR count). The van der Waals surface area contributed by atoms with E-state index >= 15 is 0 Å². The average Bonchev–Trinajstić information content (AvgIpc) is 2.49. The third kappa shape index (κ3) is 5.80. The van der Waals surface area contributed by atoms with Gasteiger partial charge in [0.2, 0.25) is 5.91 Å². The number of amides is 1. The largest absolute Gasteiger partial charge is 0.375 e. The van der Waals surface area contributed by atoms with Crippen LogP contribution in [0, 0.1) is 5.92 Å². The fourth-order valence-corrected chi connectivity index (χ4v) is 2.54. The van der Waals surface area contributed by atoms with Crippen LogP contribution in [-0.4, -0.2) is 61.6 Å². The highest BCUT2D eigenvalue weighted by atomic mass is 16.5. The predicted octanol–water partition coefficient (Wildman–Crippen LogP) is 2.38. The molecule has 0 saturated carbocycles. The lowest BCUT2D eigenvalue weighted by molar-refractivity contribution is -0.134. The van der Waals surface area contributed by atoms with E-state index in [1.54, 1.807) is 0 Å². The molecule has 4 nitrogen and oxygen atoms in total. The number of rotatable bonds is 8. The van der Waals surface area contributed by atoms with E-state index in [9.17, 15) is 4.79 Å². The number of hydrogen-bond acceptors (Lipinski definition) is 3. The normalized spacial score (nSPS) is 21.7. The number of carbonyl (C=O) groups is 1. The van der Waals surface area contributed by atoms with Crippen LogP contribution in [0.4, 0.5) is 0 Å². The first-order chi connectivity index (χ1) is 9.58. The first kappa shape index (κ1) is 17.4. The third-order valence-electron chi connectivity index (χ3n) is 4.25. The van der Waals surface area contributed by atoms with Crippen molar-refractivity contribution >= 4 is 5.91 Å². The molecule has 0 aromatic rings. The SMILES string of the molecule is CCCCN1CCO[C@@H](CCN(C)C(=O)C(C)CC)C1. The lowest BCUT2D eigenvalue weighted by Gasteiger charge is -2.33. The molecule has 1 aliphatic heterocycles. The van der Waals surface area contributed by atoms with Gasteiger partial charge in [-0.1, -0.05) is 27.2 Å². The summed E-state index contributed by atoms with van der Waals surface area (Å²) in [6, 6.07) is 0. The zero-order valence-corrected chi connectivity index (χ0v) is 13.7.